The largest absolute Gasteiger partial charge is 0.495 e. The number of methoxy groups -OCH3 is 1. The number of benzene rings is 2. The predicted molar refractivity (Wildman–Crippen MR) is 116 cm³/mol. The maximum Gasteiger partial charge on any atom is 0.244 e. The number of ketones is 1. The van der Waals surface area contributed by atoms with Gasteiger partial charge in [-0.2, -0.15) is 0 Å². The van der Waals surface area contributed by atoms with Crippen LogP contribution < -0.4 is 10.1 Å². The van der Waals surface area contributed by atoms with Crippen LogP contribution in [0.25, 0.3) is 0 Å². The summed E-state index contributed by atoms with van der Waals surface area (Å²) in [7, 11) is 1.52. The lowest BCUT2D eigenvalue weighted by Crippen LogP contribution is -2.37. The van der Waals surface area contributed by atoms with Gasteiger partial charge < -0.3 is 19.4 Å². The van der Waals surface area contributed by atoms with E-state index in [9.17, 15) is 14.4 Å². The van der Waals surface area contributed by atoms with E-state index in [0.717, 1.165) is 0 Å². The van der Waals surface area contributed by atoms with Gasteiger partial charge in [0.1, 0.15) is 18.1 Å². The van der Waals surface area contributed by atoms with E-state index in [1.165, 1.54) is 18.3 Å². The fraction of sp³-hybridized carbons (Fsp3) is 0.208. The van der Waals surface area contributed by atoms with Gasteiger partial charge in [0.2, 0.25) is 11.8 Å². The number of nitrogens with zero attached hydrogens (tertiary/aromatic N) is 1. The van der Waals surface area contributed by atoms with Crippen LogP contribution in [0.3, 0.4) is 0 Å². The van der Waals surface area contributed by atoms with Crippen molar-refractivity contribution in [2.24, 2.45) is 0 Å². The molecule has 0 saturated heterocycles. The summed E-state index contributed by atoms with van der Waals surface area (Å²) in [6.07, 6.45) is 1.56. The normalized spacial score (nSPS) is 10.4. The number of Topliss-reactive ketones (excluding diaryl/α,β-unsaturated/α-hetero) is 1. The van der Waals surface area contributed by atoms with Crippen molar-refractivity contribution in [2.45, 2.75) is 19.4 Å². The Bertz CT molecular complexity index is 1020. The highest BCUT2D eigenvalue weighted by Gasteiger charge is 2.20. The third kappa shape index (κ3) is 6.30. The minimum Gasteiger partial charge on any atom is -0.495 e. The predicted octanol–water partition coefficient (Wildman–Crippen LogP) is 3.92. The zero-order chi connectivity index (χ0) is 22.1. The molecular formula is C24H24N2O5. The molecule has 1 heterocycles. The van der Waals surface area contributed by atoms with Crippen LogP contribution in [-0.2, 0) is 16.1 Å². The van der Waals surface area contributed by atoms with Gasteiger partial charge in [0.25, 0.3) is 0 Å². The van der Waals surface area contributed by atoms with Gasteiger partial charge in [0.15, 0.2) is 5.78 Å². The van der Waals surface area contributed by atoms with Crippen LogP contribution in [-0.4, -0.2) is 36.2 Å². The van der Waals surface area contributed by atoms with Gasteiger partial charge in [0.05, 0.1) is 25.6 Å². The Labute approximate surface area is 180 Å². The second-order valence-corrected chi connectivity index (χ2v) is 6.87. The summed E-state index contributed by atoms with van der Waals surface area (Å²) >= 11 is 0. The minimum absolute atomic E-state index is 0.00360. The van der Waals surface area contributed by atoms with E-state index >= 15 is 0 Å². The number of amides is 2. The Morgan fingerprint density at radius 1 is 0.935 bits per heavy atom. The molecule has 1 aromatic heterocycles. The summed E-state index contributed by atoms with van der Waals surface area (Å²) in [6, 6.07) is 19.3. The second kappa shape index (κ2) is 10.8. The first-order valence-corrected chi connectivity index (χ1v) is 9.88. The summed E-state index contributed by atoms with van der Waals surface area (Å²) < 4.78 is 10.6. The molecule has 0 fully saturated rings. The van der Waals surface area contributed by atoms with E-state index in [1.54, 1.807) is 60.7 Å². The maximum absolute atomic E-state index is 12.8. The lowest BCUT2D eigenvalue weighted by molar-refractivity contribution is -0.135. The number of carbonyl (C=O) groups is 3. The van der Waals surface area contributed by atoms with Gasteiger partial charge in [-0.05, 0) is 24.3 Å². The van der Waals surface area contributed by atoms with Crippen molar-refractivity contribution in [2.75, 3.05) is 19.0 Å². The summed E-state index contributed by atoms with van der Waals surface area (Å²) in [5.41, 5.74) is 1.07. The van der Waals surface area contributed by atoms with Crippen molar-refractivity contribution < 1.29 is 23.5 Å². The van der Waals surface area contributed by atoms with Crippen molar-refractivity contribution >= 4 is 23.3 Å². The highest BCUT2D eigenvalue weighted by atomic mass is 16.5. The van der Waals surface area contributed by atoms with E-state index in [1.807, 2.05) is 6.07 Å². The van der Waals surface area contributed by atoms with Crippen LogP contribution in [0.4, 0.5) is 5.69 Å². The number of furan rings is 1. The number of hydrogen-bond acceptors (Lipinski definition) is 5. The fourth-order valence-electron chi connectivity index (χ4n) is 3.08. The SMILES string of the molecule is COc1ccccc1NC(=O)CN(Cc1ccco1)C(=O)CCC(=O)c1ccccc1. The highest BCUT2D eigenvalue weighted by Crippen LogP contribution is 2.23. The molecule has 0 radical (unpaired) electrons. The average Bonchev–Trinajstić information content (AvgIpc) is 3.31. The molecule has 0 atom stereocenters. The summed E-state index contributed by atoms with van der Waals surface area (Å²) in [5.74, 6) is 0.265. The number of rotatable bonds is 10. The molecule has 0 aliphatic heterocycles. The lowest BCUT2D eigenvalue weighted by atomic mass is 10.1. The Balaban J connectivity index is 1.65. The molecular weight excluding hydrogens is 396 g/mol. The van der Waals surface area contributed by atoms with Crippen LogP contribution in [0.15, 0.2) is 77.4 Å². The number of hydrogen-bond donors (Lipinski definition) is 1. The van der Waals surface area contributed by atoms with Crippen LogP contribution in [0.2, 0.25) is 0 Å². The fourth-order valence-corrected chi connectivity index (χ4v) is 3.08. The molecule has 2 amide bonds. The molecule has 0 saturated carbocycles. The summed E-state index contributed by atoms with van der Waals surface area (Å²) in [6.45, 7) is -0.0538. The number of carbonyl (C=O) groups excluding carboxylic acids is 3. The van der Waals surface area contributed by atoms with Crippen LogP contribution in [0.5, 0.6) is 5.75 Å². The maximum atomic E-state index is 12.8. The van der Waals surface area contributed by atoms with Crippen molar-refractivity contribution in [1.29, 1.82) is 0 Å². The zero-order valence-electron chi connectivity index (χ0n) is 17.2. The van der Waals surface area contributed by atoms with Crippen molar-refractivity contribution in [1.82, 2.24) is 4.90 Å². The Morgan fingerprint density at radius 2 is 1.68 bits per heavy atom. The number of nitrogens with one attached hydrogen (secondary N) is 1. The zero-order valence-corrected chi connectivity index (χ0v) is 17.2. The molecule has 3 aromatic rings. The van der Waals surface area contributed by atoms with E-state index in [-0.39, 0.29) is 43.5 Å². The molecule has 0 unspecified atom stereocenters. The van der Waals surface area contributed by atoms with Gasteiger partial charge in [-0.15, -0.1) is 0 Å². The number of ether oxygens (including phenoxy) is 1. The average molecular weight is 420 g/mol. The third-order valence-corrected chi connectivity index (χ3v) is 4.66. The first-order valence-electron chi connectivity index (χ1n) is 9.88. The van der Waals surface area contributed by atoms with Crippen molar-refractivity contribution in [3.8, 4) is 5.75 Å². The Morgan fingerprint density at radius 3 is 2.39 bits per heavy atom. The van der Waals surface area contributed by atoms with Crippen LogP contribution in [0, 0.1) is 0 Å². The molecule has 160 valence electrons. The first-order chi connectivity index (χ1) is 15.1. The number of anilines is 1. The van der Waals surface area contributed by atoms with E-state index in [2.05, 4.69) is 5.32 Å². The van der Waals surface area contributed by atoms with Gasteiger partial charge in [-0.1, -0.05) is 42.5 Å². The smallest absolute Gasteiger partial charge is 0.244 e. The molecule has 2 aromatic carbocycles. The Hall–Kier alpha value is -3.87. The van der Waals surface area contributed by atoms with E-state index in [0.29, 0.717) is 22.8 Å². The molecule has 31 heavy (non-hydrogen) atoms. The minimum atomic E-state index is -0.376. The van der Waals surface area contributed by atoms with Gasteiger partial charge in [0, 0.05) is 18.4 Å². The Kier molecular flexibility index (Phi) is 7.59. The molecule has 3 rings (SSSR count). The van der Waals surface area contributed by atoms with Crippen LogP contribution in [0.1, 0.15) is 29.0 Å². The summed E-state index contributed by atoms with van der Waals surface area (Å²) in [4.78, 5) is 39.2. The number of para-hydroxylation sites is 2. The highest BCUT2D eigenvalue weighted by molar-refractivity contribution is 5.99. The van der Waals surface area contributed by atoms with Crippen LogP contribution >= 0.6 is 0 Å². The van der Waals surface area contributed by atoms with Gasteiger partial charge >= 0.3 is 0 Å². The molecule has 1 N–H and O–H groups in total. The monoisotopic (exact) mass is 420 g/mol. The van der Waals surface area contributed by atoms with Crippen molar-refractivity contribution in [3.05, 3.63) is 84.3 Å². The lowest BCUT2D eigenvalue weighted by Gasteiger charge is -2.21. The molecule has 0 bridgehead atoms. The molecule has 0 aliphatic carbocycles. The summed E-state index contributed by atoms with van der Waals surface area (Å²) in [5, 5.41) is 2.76. The topological polar surface area (TPSA) is 88.8 Å². The molecule has 7 heteroatoms. The molecule has 0 aliphatic rings. The molecule has 0 spiro atoms. The quantitative estimate of drug-likeness (QED) is 0.502. The molecule has 7 nitrogen and oxygen atoms in total. The first kappa shape index (κ1) is 21.8. The van der Waals surface area contributed by atoms with E-state index in [4.69, 9.17) is 9.15 Å². The van der Waals surface area contributed by atoms with E-state index < -0.39 is 0 Å². The second-order valence-electron chi connectivity index (χ2n) is 6.87. The third-order valence-electron chi connectivity index (χ3n) is 4.66. The van der Waals surface area contributed by atoms with Gasteiger partial charge in [-0.25, -0.2) is 0 Å². The standard InChI is InChI=1S/C24H24N2O5/c1-30-22-12-6-5-11-20(22)25-23(28)17-26(16-19-10-7-15-31-19)24(29)14-13-21(27)18-8-3-2-4-9-18/h2-12,15H,13-14,16-17H2,1H3,(H,25,28). The van der Waals surface area contributed by atoms with Gasteiger partial charge in [-0.3, -0.25) is 14.4 Å². The van der Waals surface area contributed by atoms with Crippen molar-refractivity contribution in [3.63, 3.8) is 0 Å².